The van der Waals surface area contributed by atoms with Crippen LogP contribution in [-0.2, 0) is 11.8 Å². The van der Waals surface area contributed by atoms with Gasteiger partial charge in [0.05, 0.1) is 17.9 Å². The maximum atomic E-state index is 12.8. The van der Waals surface area contributed by atoms with E-state index >= 15 is 0 Å². The number of esters is 1. The molecule has 1 atom stereocenters. The molecule has 0 unspecified atom stereocenters. The van der Waals surface area contributed by atoms with Gasteiger partial charge in [0.1, 0.15) is 17.3 Å². The smallest absolute Gasteiger partial charge is 0.312 e. The third-order valence-corrected chi connectivity index (χ3v) is 5.16. The van der Waals surface area contributed by atoms with Crippen molar-refractivity contribution >= 4 is 11.8 Å². The van der Waals surface area contributed by atoms with E-state index in [4.69, 9.17) is 9.15 Å². The van der Waals surface area contributed by atoms with Crippen LogP contribution in [0.1, 0.15) is 46.6 Å². The van der Waals surface area contributed by atoms with Gasteiger partial charge in [-0.05, 0) is 26.0 Å². The summed E-state index contributed by atoms with van der Waals surface area (Å²) in [6.45, 7) is 3.30. The lowest BCUT2D eigenvalue weighted by Gasteiger charge is -2.23. The van der Waals surface area contributed by atoms with Crippen LogP contribution in [0.4, 0.5) is 0 Å². The van der Waals surface area contributed by atoms with E-state index in [-0.39, 0.29) is 17.8 Å². The number of benzene rings is 1. The highest BCUT2D eigenvalue weighted by atomic mass is 16.5. The van der Waals surface area contributed by atoms with Gasteiger partial charge in [-0.25, -0.2) is 0 Å². The Bertz CT molecular complexity index is 1150. The molecule has 0 aliphatic carbocycles. The predicted octanol–water partition coefficient (Wildman–Crippen LogP) is 3.60. The lowest BCUT2D eigenvalue weighted by atomic mass is 9.91. The fraction of sp³-hybridized carbons (Fsp3) is 0.227. The zero-order valence-electron chi connectivity index (χ0n) is 15.8. The molecule has 0 spiro atoms. The summed E-state index contributed by atoms with van der Waals surface area (Å²) in [5.41, 5.74) is 2.38. The minimum atomic E-state index is -0.499. The first-order chi connectivity index (χ1) is 13.3. The van der Waals surface area contributed by atoms with E-state index in [1.54, 1.807) is 44.3 Å². The van der Waals surface area contributed by atoms with Crippen LogP contribution in [0.25, 0.3) is 11.3 Å². The molecule has 28 heavy (non-hydrogen) atoms. The largest absolute Gasteiger partial charge is 0.460 e. The molecule has 3 aromatic rings. The zero-order chi connectivity index (χ0) is 20.0. The molecule has 1 aliphatic rings. The van der Waals surface area contributed by atoms with Gasteiger partial charge < -0.3 is 13.7 Å². The Labute approximate surface area is 161 Å². The summed E-state index contributed by atoms with van der Waals surface area (Å²) in [6.07, 6.45) is 0.0432. The second-order valence-corrected chi connectivity index (χ2v) is 6.99. The van der Waals surface area contributed by atoms with Gasteiger partial charge in [-0.2, -0.15) is 0 Å². The third-order valence-electron chi connectivity index (χ3n) is 5.16. The number of aromatic nitrogens is 1. The SMILES string of the molecule is CC(=O)c1ccc(-c2ccc([C@H]3CC(=O)Oc4cc(C)n(C)c(=O)c43)o2)cc1. The van der Waals surface area contributed by atoms with Crippen LogP contribution in [0, 0.1) is 6.92 Å². The standard InChI is InChI=1S/C22H19NO5/c1-12-10-19-21(22(26)23(12)3)16(11-20(25)28-19)18-9-8-17(27-18)15-6-4-14(5-7-15)13(2)24/h4-10,16H,11H2,1-3H3/t16-/m1/s1. The Morgan fingerprint density at radius 1 is 1.11 bits per heavy atom. The Balaban J connectivity index is 1.76. The van der Waals surface area contributed by atoms with Gasteiger partial charge in [-0.3, -0.25) is 14.4 Å². The van der Waals surface area contributed by atoms with Crippen LogP contribution in [-0.4, -0.2) is 16.3 Å². The first-order valence-electron chi connectivity index (χ1n) is 8.97. The Hall–Kier alpha value is -3.41. The van der Waals surface area contributed by atoms with Gasteiger partial charge >= 0.3 is 5.97 Å². The normalized spacial score (nSPS) is 15.8. The number of furan rings is 1. The van der Waals surface area contributed by atoms with Gasteiger partial charge in [-0.15, -0.1) is 0 Å². The first kappa shape index (κ1) is 18.0. The lowest BCUT2D eigenvalue weighted by Crippen LogP contribution is -2.31. The van der Waals surface area contributed by atoms with Crippen LogP contribution in [0.3, 0.4) is 0 Å². The average molecular weight is 377 g/mol. The third kappa shape index (κ3) is 2.97. The van der Waals surface area contributed by atoms with E-state index in [0.29, 0.717) is 34.1 Å². The highest BCUT2D eigenvalue weighted by Crippen LogP contribution is 2.38. The molecule has 2 aromatic heterocycles. The summed E-state index contributed by atoms with van der Waals surface area (Å²) >= 11 is 0. The van der Waals surface area contributed by atoms with Crippen molar-refractivity contribution in [2.75, 3.05) is 0 Å². The van der Waals surface area contributed by atoms with Gasteiger partial charge in [0.2, 0.25) is 0 Å². The van der Waals surface area contributed by atoms with E-state index in [1.807, 2.05) is 12.1 Å². The quantitative estimate of drug-likeness (QED) is 0.515. The number of aryl methyl sites for hydroxylation is 1. The van der Waals surface area contributed by atoms with Crippen molar-refractivity contribution in [3.05, 3.63) is 75.4 Å². The molecule has 0 saturated carbocycles. The van der Waals surface area contributed by atoms with E-state index in [9.17, 15) is 14.4 Å². The molecular weight excluding hydrogens is 358 g/mol. The van der Waals surface area contributed by atoms with Crippen molar-refractivity contribution in [1.29, 1.82) is 0 Å². The molecule has 4 rings (SSSR count). The molecule has 0 amide bonds. The number of nitrogens with zero attached hydrogens (tertiary/aromatic N) is 1. The van der Waals surface area contributed by atoms with Crippen LogP contribution in [0.15, 0.2) is 51.7 Å². The van der Waals surface area contributed by atoms with Gasteiger partial charge in [0.25, 0.3) is 5.56 Å². The molecule has 0 bridgehead atoms. The maximum Gasteiger partial charge on any atom is 0.312 e. The minimum Gasteiger partial charge on any atom is -0.460 e. The van der Waals surface area contributed by atoms with Gasteiger partial charge in [-0.1, -0.05) is 24.3 Å². The maximum absolute atomic E-state index is 12.8. The van der Waals surface area contributed by atoms with Crippen molar-refractivity contribution in [2.24, 2.45) is 7.05 Å². The number of hydrogen-bond acceptors (Lipinski definition) is 5. The van der Waals surface area contributed by atoms with Crippen LogP contribution in [0.5, 0.6) is 5.75 Å². The van der Waals surface area contributed by atoms with Crippen molar-refractivity contribution in [3.8, 4) is 17.1 Å². The van der Waals surface area contributed by atoms with E-state index in [1.165, 1.54) is 11.5 Å². The van der Waals surface area contributed by atoms with Crippen molar-refractivity contribution in [2.45, 2.75) is 26.2 Å². The number of pyridine rings is 1. The molecule has 1 aromatic carbocycles. The summed E-state index contributed by atoms with van der Waals surface area (Å²) in [5, 5.41) is 0. The van der Waals surface area contributed by atoms with Gasteiger partial charge in [0, 0.05) is 29.9 Å². The number of carbonyl (C=O) groups excluding carboxylic acids is 2. The number of Topliss-reactive ketones (excluding diaryl/α,β-unsaturated/α-hetero) is 1. The molecule has 3 heterocycles. The highest BCUT2D eigenvalue weighted by molar-refractivity contribution is 5.94. The Morgan fingerprint density at radius 3 is 2.50 bits per heavy atom. The number of ether oxygens (including phenoxy) is 1. The summed E-state index contributed by atoms with van der Waals surface area (Å²) in [6, 6.07) is 12.4. The molecule has 6 heteroatoms. The van der Waals surface area contributed by atoms with Crippen LogP contribution < -0.4 is 10.3 Å². The molecule has 0 N–H and O–H groups in total. The zero-order valence-corrected chi connectivity index (χ0v) is 15.8. The van der Waals surface area contributed by atoms with Crippen molar-refractivity contribution in [3.63, 3.8) is 0 Å². The number of hydrogen-bond donors (Lipinski definition) is 0. The first-order valence-corrected chi connectivity index (χ1v) is 8.97. The second-order valence-electron chi connectivity index (χ2n) is 6.99. The minimum absolute atomic E-state index is 0.00449. The molecular formula is C22H19NO5. The van der Waals surface area contributed by atoms with E-state index in [2.05, 4.69) is 0 Å². The number of ketones is 1. The summed E-state index contributed by atoms with van der Waals surface area (Å²) in [5.74, 6) is 0.537. The molecule has 1 aliphatic heterocycles. The fourth-order valence-electron chi connectivity index (χ4n) is 3.46. The van der Waals surface area contributed by atoms with Crippen LogP contribution in [0.2, 0.25) is 0 Å². The molecule has 142 valence electrons. The number of rotatable bonds is 3. The second kappa shape index (κ2) is 6.64. The van der Waals surface area contributed by atoms with E-state index in [0.717, 1.165) is 5.56 Å². The van der Waals surface area contributed by atoms with E-state index < -0.39 is 11.9 Å². The average Bonchev–Trinajstić information content (AvgIpc) is 3.15. The monoisotopic (exact) mass is 377 g/mol. The molecule has 0 saturated heterocycles. The number of fused-ring (bicyclic) bond motifs is 1. The molecule has 6 nitrogen and oxygen atoms in total. The summed E-state index contributed by atoms with van der Waals surface area (Å²) in [7, 11) is 1.69. The Kier molecular flexibility index (Phi) is 4.26. The summed E-state index contributed by atoms with van der Waals surface area (Å²) < 4.78 is 12.8. The molecule has 0 fully saturated rings. The lowest BCUT2D eigenvalue weighted by molar-refractivity contribution is -0.135. The van der Waals surface area contributed by atoms with Crippen molar-refractivity contribution < 1.29 is 18.7 Å². The summed E-state index contributed by atoms with van der Waals surface area (Å²) in [4.78, 5) is 36.3. The topological polar surface area (TPSA) is 78.5 Å². The Morgan fingerprint density at radius 2 is 1.82 bits per heavy atom. The van der Waals surface area contributed by atoms with Gasteiger partial charge in [0.15, 0.2) is 5.78 Å². The fourth-order valence-corrected chi connectivity index (χ4v) is 3.46. The number of carbonyl (C=O) groups is 2. The van der Waals surface area contributed by atoms with Crippen LogP contribution >= 0.6 is 0 Å². The van der Waals surface area contributed by atoms with Crippen molar-refractivity contribution in [1.82, 2.24) is 4.57 Å². The highest BCUT2D eigenvalue weighted by Gasteiger charge is 2.34. The predicted molar refractivity (Wildman–Crippen MR) is 103 cm³/mol. The molecule has 0 radical (unpaired) electrons.